The first-order valence-electron chi connectivity index (χ1n) is 10.2. The van der Waals surface area contributed by atoms with Crippen molar-refractivity contribution in [2.24, 2.45) is 5.92 Å². The summed E-state index contributed by atoms with van der Waals surface area (Å²) in [6, 6.07) is 3.35. The van der Waals surface area contributed by atoms with Crippen LogP contribution in [0.5, 0.6) is 0 Å². The molecule has 1 aromatic rings. The van der Waals surface area contributed by atoms with Gasteiger partial charge in [-0.25, -0.2) is 4.79 Å². The van der Waals surface area contributed by atoms with Crippen molar-refractivity contribution in [1.82, 2.24) is 16.0 Å². The standard InChI is InChI=1S/C20H26BCl2N3O7/c1-10(2)7-14(21-32-17(20(30)31-4)16(24-3)19(29)33-21)26-15(27)9-25-18(28)12-8-11(22)5-6-13(12)23/h5-6,8,10,14,16-17,24H,7,9H2,1-4H3,(H,25,28)(H,26,27)/t14-,16+,17+/m0/s1. The smallest absolute Gasteiger partial charge is 0.507 e. The van der Waals surface area contributed by atoms with E-state index < -0.39 is 49.0 Å². The van der Waals surface area contributed by atoms with Crippen molar-refractivity contribution >= 4 is 54.1 Å². The van der Waals surface area contributed by atoms with Crippen molar-refractivity contribution in [3.63, 3.8) is 0 Å². The zero-order valence-corrected chi connectivity index (χ0v) is 20.2. The first-order valence-corrected chi connectivity index (χ1v) is 11.0. The molecule has 10 nitrogen and oxygen atoms in total. The summed E-state index contributed by atoms with van der Waals surface area (Å²) in [5, 5.41) is 8.33. The second-order valence-electron chi connectivity index (χ2n) is 7.76. The number of ether oxygens (including phenoxy) is 1. The molecule has 0 aliphatic carbocycles. The van der Waals surface area contributed by atoms with Gasteiger partial charge in [-0.05, 0) is 37.6 Å². The van der Waals surface area contributed by atoms with E-state index in [0.717, 1.165) is 0 Å². The number of benzene rings is 1. The molecule has 1 aliphatic rings. The predicted octanol–water partition coefficient (Wildman–Crippen LogP) is 0.984. The van der Waals surface area contributed by atoms with Crippen LogP contribution in [-0.4, -0.2) is 69.7 Å². The molecule has 0 saturated carbocycles. The second-order valence-corrected chi connectivity index (χ2v) is 8.61. The Bertz CT molecular complexity index is 902. The van der Waals surface area contributed by atoms with Gasteiger partial charge in [0.25, 0.3) is 5.91 Å². The van der Waals surface area contributed by atoms with Crippen LogP contribution in [0.4, 0.5) is 0 Å². The van der Waals surface area contributed by atoms with Gasteiger partial charge in [0.1, 0.15) is 6.04 Å². The zero-order chi connectivity index (χ0) is 24.7. The molecule has 2 amide bonds. The molecule has 0 unspecified atom stereocenters. The monoisotopic (exact) mass is 501 g/mol. The number of likely N-dealkylation sites (N-methyl/N-ethyl adjacent to an activating group) is 1. The highest BCUT2D eigenvalue weighted by atomic mass is 35.5. The van der Waals surface area contributed by atoms with Crippen LogP contribution < -0.4 is 16.0 Å². The summed E-state index contributed by atoms with van der Waals surface area (Å²) in [6.45, 7) is 3.43. The van der Waals surface area contributed by atoms with E-state index >= 15 is 0 Å². The minimum absolute atomic E-state index is 0.0797. The van der Waals surface area contributed by atoms with Gasteiger partial charge in [-0.1, -0.05) is 37.0 Å². The van der Waals surface area contributed by atoms with Gasteiger partial charge < -0.3 is 30.0 Å². The molecule has 3 atom stereocenters. The highest BCUT2D eigenvalue weighted by molar-refractivity contribution is 6.50. The fourth-order valence-corrected chi connectivity index (χ4v) is 3.62. The summed E-state index contributed by atoms with van der Waals surface area (Å²) in [7, 11) is 1.43. The van der Waals surface area contributed by atoms with Crippen LogP contribution >= 0.6 is 23.2 Å². The van der Waals surface area contributed by atoms with E-state index in [-0.39, 0.29) is 23.0 Å². The summed E-state index contributed by atoms with van der Waals surface area (Å²) in [4.78, 5) is 49.4. The SMILES string of the molecule is CN[C@H]1C(=O)OB([C@H](CC(C)C)NC(=O)CNC(=O)c2cc(Cl)ccc2Cl)O[C@H]1C(=O)OC. The van der Waals surface area contributed by atoms with Crippen LogP contribution in [-0.2, 0) is 28.4 Å². The van der Waals surface area contributed by atoms with Crippen molar-refractivity contribution in [2.75, 3.05) is 20.7 Å². The summed E-state index contributed by atoms with van der Waals surface area (Å²) in [6.07, 6.45) is -0.877. The fraction of sp³-hybridized carbons (Fsp3) is 0.500. The first kappa shape index (κ1) is 26.9. The number of halogens is 2. The van der Waals surface area contributed by atoms with Crippen LogP contribution in [0.1, 0.15) is 30.6 Å². The first-order chi connectivity index (χ1) is 15.6. The van der Waals surface area contributed by atoms with Crippen LogP contribution in [0, 0.1) is 5.92 Å². The van der Waals surface area contributed by atoms with Crippen LogP contribution in [0.2, 0.25) is 10.0 Å². The number of hydrogen-bond donors (Lipinski definition) is 3. The van der Waals surface area contributed by atoms with Gasteiger partial charge in [0.15, 0.2) is 6.10 Å². The Labute approximate surface area is 202 Å². The van der Waals surface area contributed by atoms with E-state index in [1.54, 1.807) is 0 Å². The second kappa shape index (κ2) is 12.2. The lowest BCUT2D eigenvalue weighted by Gasteiger charge is -2.35. The van der Waals surface area contributed by atoms with E-state index in [0.29, 0.717) is 11.4 Å². The normalized spacial score (nSPS) is 19.0. The van der Waals surface area contributed by atoms with Gasteiger partial charge in [-0.2, -0.15) is 0 Å². The third-order valence-corrected chi connectivity index (χ3v) is 5.36. The van der Waals surface area contributed by atoms with Gasteiger partial charge in [0.05, 0.1) is 30.2 Å². The minimum Gasteiger partial charge on any atom is -0.507 e. The van der Waals surface area contributed by atoms with Gasteiger partial charge in [0.2, 0.25) is 5.91 Å². The summed E-state index contributed by atoms with van der Waals surface area (Å²) in [5.74, 6) is -3.31. The average molecular weight is 502 g/mol. The van der Waals surface area contributed by atoms with E-state index in [9.17, 15) is 19.2 Å². The number of carbonyl (C=O) groups excluding carboxylic acids is 4. The molecule has 1 heterocycles. The van der Waals surface area contributed by atoms with E-state index in [2.05, 4.69) is 16.0 Å². The van der Waals surface area contributed by atoms with Crippen LogP contribution in [0.15, 0.2) is 18.2 Å². The van der Waals surface area contributed by atoms with Gasteiger partial charge >= 0.3 is 19.1 Å². The molecule has 13 heteroatoms. The Balaban J connectivity index is 2.07. The van der Waals surface area contributed by atoms with Crippen molar-refractivity contribution < 1.29 is 33.2 Å². The molecule has 1 fully saturated rings. The summed E-state index contributed by atoms with van der Waals surface area (Å²) in [5.41, 5.74) is 0.124. The average Bonchev–Trinajstić information content (AvgIpc) is 2.77. The maximum Gasteiger partial charge on any atom is 0.552 e. The largest absolute Gasteiger partial charge is 0.552 e. The Morgan fingerprint density at radius 3 is 2.55 bits per heavy atom. The Kier molecular flexibility index (Phi) is 9.96. The molecular weight excluding hydrogens is 476 g/mol. The molecule has 0 spiro atoms. The third-order valence-electron chi connectivity index (χ3n) is 4.80. The fourth-order valence-electron chi connectivity index (χ4n) is 3.25. The molecular formula is C20H26BCl2N3O7. The van der Waals surface area contributed by atoms with Crippen molar-refractivity contribution in [3.05, 3.63) is 33.8 Å². The summed E-state index contributed by atoms with van der Waals surface area (Å²) >= 11 is 11.9. The van der Waals surface area contributed by atoms with Crippen LogP contribution in [0.25, 0.3) is 0 Å². The van der Waals surface area contributed by atoms with Crippen molar-refractivity contribution in [3.8, 4) is 0 Å². The number of amides is 2. The Morgan fingerprint density at radius 2 is 1.94 bits per heavy atom. The van der Waals surface area contributed by atoms with Crippen molar-refractivity contribution in [1.29, 1.82) is 0 Å². The minimum atomic E-state index is -1.25. The number of carbonyl (C=O) groups is 4. The van der Waals surface area contributed by atoms with Crippen molar-refractivity contribution in [2.45, 2.75) is 38.4 Å². The lowest BCUT2D eigenvalue weighted by atomic mass is 9.72. The third kappa shape index (κ3) is 7.33. The lowest BCUT2D eigenvalue weighted by molar-refractivity contribution is -0.163. The number of rotatable bonds is 9. The molecule has 1 saturated heterocycles. The van der Waals surface area contributed by atoms with E-state index in [1.807, 2.05) is 13.8 Å². The Morgan fingerprint density at radius 1 is 1.24 bits per heavy atom. The van der Waals surface area contributed by atoms with E-state index in [1.165, 1.54) is 32.4 Å². The van der Waals surface area contributed by atoms with Crippen LogP contribution in [0.3, 0.4) is 0 Å². The van der Waals surface area contributed by atoms with Gasteiger partial charge in [-0.15, -0.1) is 0 Å². The zero-order valence-electron chi connectivity index (χ0n) is 18.6. The summed E-state index contributed by atoms with van der Waals surface area (Å²) < 4.78 is 15.7. The predicted molar refractivity (Wildman–Crippen MR) is 122 cm³/mol. The highest BCUT2D eigenvalue weighted by Gasteiger charge is 2.49. The maximum absolute atomic E-state index is 12.6. The molecule has 2 rings (SSSR count). The van der Waals surface area contributed by atoms with E-state index in [4.69, 9.17) is 37.2 Å². The molecule has 33 heavy (non-hydrogen) atoms. The molecule has 3 N–H and O–H groups in total. The Hall–Kier alpha value is -2.34. The lowest BCUT2D eigenvalue weighted by Crippen LogP contribution is -2.64. The molecule has 1 aromatic carbocycles. The quantitative estimate of drug-likeness (QED) is 0.337. The maximum atomic E-state index is 12.6. The molecule has 0 radical (unpaired) electrons. The van der Waals surface area contributed by atoms with Gasteiger partial charge in [0, 0.05) is 5.02 Å². The molecule has 0 bridgehead atoms. The highest BCUT2D eigenvalue weighted by Crippen LogP contribution is 2.21. The number of methoxy groups -OCH3 is 1. The van der Waals surface area contributed by atoms with Gasteiger partial charge in [-0.3, -0.25) is 14.4 Å². The topological polar surface area (TPSA) is 132 Å². The molecule has 180 valence electrons. The molecule has 1 aliphatic heterocycles. The number of nitrogens with one attached hydrogen (secondary N) is 3. The molecule has 0 aromatic heterocycles. The number of esters is 1. The number of hydrogen-bond acceptors (Lipinski definition) is 8.